The third kappa shape index (κ3) is 4.44. The van der Waals surface area contributed by atoms with Gasteiger partial charge in [0, 0.05) is 23.0 Å². The van der Waals surface area contributed by atoms with Crippen molar-refractivity contribution >= 4 is 40.3 Å². The minimum absolute atomic E-state index is 0.260. The number of nitrogens with zero attached hydrogens (tertiary/aromatic N) is 7. The SMILES string of the molecule is CCc1cc(CC)n2nc(SCc3nc4c(c(=O)[nH]c(=O)n4Cc4ccc(Cl)cc4)n3CC)nc2n1. The number of halogens is 1. The van der Waals surface area contributed by atoms with Gasteiger partial charge in [0.05, 0.1) is 12.3 Å². The average Bonchev–Trinajstić information content (AvgIpc) is 3.46. The van der Waals surface area contributed by atoms with E-state index < -0.39 is 11.2 Å². The zero-order valence-corrected chi connectivity index (χ0v) is 21.7. The van der Waals surface area contributed by atoms with Crippen molar-refractivity contribution in [2.24, 2.45) is 0 Å². The van der Waals surface area contributed by atoms with Gasteiger partial charge in [0.15, 0.2) is 11.2 Å². The lowest BCUT2D eigenvalue weighted by atomic mass is 10.2. The summed E-state index contributed by atoms with van der Waals surface area (Å²) in [5.41, 5.74) is 2.66. The molecule has 4 aromatic heterocycles. The summed E-state index contributed by atoms with van der Waals surface area (Å²) in [4.78, 5) is 41.9. The maximum Gasteiger partial charge on any atom is 0.330 e. The fourth-order valence-electron chi connectivity index (χ4n) is 4.18. The Labute approximate surface area is 215 Å². The van der Waals surface area contributed by atoms with E-state index in [1.165, 1.54) is 16.3 Å². The summed E-state index contributed by atoms with van der Waals surface area (Å²) < 4.78 is 5.09. The molecule has 0 saturated carbocycles. The first-order chi connectivity index (χ1) is 17.4. The second-order valence-electron chi connectivity index (χ2n) is 8.26. The summed E-state index contributed by atoms with van der Waals surface area (Å²) in [5.74, 6) is 1.66. The van der Waals surface area contributed by atoms with Gasteiger partial charge in [-0.15, -0.1) is 5.10 Å². The number of aromatic nitrogens is 8. The van der Waals surface area contributed by atoms with Gasteiger partial charge >= 0.3 is 5.69 Å². The number of aryl methyl sites for hydroxylation is 3. The molecule has 0 bridgehead atoms. The van der Waals surface area contributed by atoms with Crippen LogP contribution >= 0.6 is 23.4 Å². The molecule has 0 saturated heterocycles. The number of rotatable bonds is 8. The summed E-state index contributed by atoms with van der Waals surface area (Å²) in [7, 11) is 0. The highest BCUT2D eigenvalue weighted by Crippen LogP contribution is 2.23. The molecule has 0 aliphatic rings. The van der Waals surface area contributed by atoms with Crippen LogP contribution in [0.4, 0.5) is 0 Å². The number of H-pyrrole nitrogens is 1. The maximum absolute atomic E-state index is 12.8. The Hall–Kier alpha value is -3.44. The van der Waals surface area contributed by atoms with Crippen LogP contribution in [-0.2, 0) is 31.7 Å². The van der Waals surface area contributed by atoms with Crippen LogP contribution in [-0.4, -0.2) is 38.7 Å². The quantitative estimate of drug-likeness (QED) is 0.309. The molecule has 4 heterocycles. The number of nitrogens with one attached hydrogen (secondary N) is 1. The van der Waals surface area contributed by atoms with Gasteiger partial charge in [0.1, 0.15) is 5.82 Å². The van der Waals surface area contributed by atoms with E-state index in [9.17, 15) is 9.59 Å². The number of hydrogen-bond acceptors (Lipinski definition) is 7. The Bertz CT molecular complexity index is 1680. The van der Waals surface area contributed by atoms with Gasteiger partial charge in [-0.2, -0.15) is 4.98 Å². The van der Waals surface area contributed by atoms with Crippen molar-refractivity contribution in [1.82, 2.24) is 38.7 Å². The van der Waals surface area contributed by atoms with Crippen LogP contribution in [0.2, 0.25) is 5.02 Å². The van der Waals surface area contributed by atoms with Crippen LogP contribution in [0.25, 0.3) is 16.9 Å². The smallest absolute Gasteiger partial charge is 0.322 e. The van der Waals surface area contributed by atoms with Crippen LogP contribution in [0, 0.1) is 0 Å². The third-order valence-corrected chi connectivity index (χ3v) is 7.09. The van der Waals surface area contributed by atoms with E-state index in [2.05, 4.69) is 40.0 Å². The number of aromatic amines is 1. The van der Waals surface area contributed by atoms with Crippen LogP contribution < -0.4 is 11.2 Å². The number of thioether (sulfide) groups is 1. The molecule has 5 aromatic rings. The first-order valence-electron chi connectivity index (χ1n) is 11.8. The molecular weight excluding hydrogens is 500 g/mol. The summed E-state index contributed by atoms with van der Waals surface area (Å²) in [6.07, 6.45) is 1.64. The fourth-order valence-corrected chi connectivity index (χ4v) is 5.07. The molecule has 1 aromatic carbocycles. The van der Waals surface area contributed by atoms with Crippen molar-refractivity contribution in [3.8, 4) is 0 Å². The van der Waals surface area contributed by atoms with Crippen molar-refractivity contribution in [3.05, 3.63) is 79.0 Å². The Morgan fingerprint density at radius 3 is 2.47 bits per heavy atom. The van der Waals surface area contributed by atoms with Crippen molar-refractivity contribution in [2.75, 3.05) is 0 Å². The maximum atomic E-state index is 12.8. The first-order valence-corrected chi connectivity index (χ1v) is 13.1. The number of fused-ring (bicyclic) bond motifs is 2. The lowest BCUT2D eigenvalue weighted by molar-refractivity contribution is 0.736. The van der Waals surface area contributed by atoms with Crippen LogP contribution in [0.1, 0.15) is 43.5 Å². The molecule has 5 rings (SSSR count). The summed E-state index contributed by atoms with van der Waals surface area (Å²) in [6, 6.07) is 9.27. The minimum Gasteiger partial charge on any atom is -0.322 e. The van der Waals surface area contributed by atoms with Gasteiger partial charge in [0.2, 0.25) is 5.16 Å². The monoisotopic (exact) mass is 524 g/mol. The van der Waals surface area contributed by atoms with Gasteiger partial charge in [-0.05, 0) is 43.5 Å². The Morgan fingerprint density at radius 1 is 1.00 bits per heavy atom. The highest BCUT2D eigenvalue weighted by molar-refractivity contribution is 7.98. The van der Waals surface area contributed by atoms with Gasteiger partial charge in [-0.3, -0.25) is 14.3 Å². The van der Waals surface area contributed by atoms with Crippen molar-refractivity contribution < 1.29 is 0 Å². The largest absolute Gasteiger partial charge is 0.330 e. The summed E-state index contributed by atoms with van der Waals surface area (Å²) in [6.45, 7) is 6.86. The van der Waals surface area contributed by atoms with Gasteiger partial charge in [-0.1, -0.05) is 49.3 Å². The first kappa shape index (κ1) is 24.3. The normalized spacial score (nSPS) is 11.7. The Balaban J connectivity index is 1.52. The van der Waals surface area contributed by atoms with E-state index in [1.54, 1.807) is 16.6 Å². The fraction of sp³-hybridized carbons (Fsp3) is 0.333. The van der Waals surface area contributed by atoms with Crippen LogP contribution in [0.3, 0.4) is 0 Å². The van der Waals surface area contributed by atoms with Gasteiger partial charge in [-0.25, -0.2) is 19.3 Å². The van der Waals surface area contributed by atoms with Crippen molar-refractivity contribution in [1.29, 1.82) is 0 Å². The molecule has 12 heteroatoms. The predicted octanol–water partition coefficient (Wildman–Crippen LogP) is 3.46. The summed E-state index contributed by atoms with van der Waals surface area (Å²) >= 11 is 7.42. The van der Waals surface area contributed by atoms with E-state index in [0.29, 0.717) is 45.2 Å². The molecule has 0 amide bonds. The van der Waals surface area contributed by atoms with Crippen molar-refractivity contribution in [2.45, 2.75) is 57.6 Å². The van der Waals surface area contributed by atoms with E-state index in [0.717, 1.165) is 29.8 Å². The highest BCUT2D eigenvalue weighted by atomic mass is 35.5. The molecule has 0 atom stereocenters. The van der Waals surface area contributed by atoms with E-state index >= 15 is 0 Å². The molecule has 36 heavy (non-hydrogen) atoms. The van der Waals surface area contributed by atoms with Gasteiger partial charge < -0.3 is 4.57 Å². The second-order valence-corrected chi connectivity index (χ2v) is 9.64. The van der Waals surface area contributed by atoms with Crippen LogP contribution in [0.5, 0.6) is 0 Å². The lowest BCUT2D eigenvalue weighted by Crippen LogP contribution is -2.31. The topological polar surface area (TPSA) is 116 Å². The van der Waals surface area contributed by atoms with Gasteiger partial charge in [0.25, 0.3) is 11.3 Å². The Kier molecular flexibility index (Phi) is 6.67. The minimum atomic E-state index is -0.505. The molecule has 0 aliphatic carbocycles. The lowest BCUT2D eigenvalue weighted by Gasteiger charge is -2.07. The molecule has 0 radical (unpaired) electrons. The summed E-state index contributed by atoms with van der Waals surface area (Å²) in [5, 5.41) is 5.82. The molecule has 0 fully saturated rings. The molecule has 1 N–H and O–H groups in total. The Morgan fingerprint density at radius 2 is 1.78 bits per heavy atom. The second kappa shape index (κ2) is 9.90. The molecular formula is C24H25ClN8O2S. The molecule has 0 spiro atoms. The number of hydrogen-bond donors (Lipinski definition) is 1. The highest BCUT2D eigenvalue weighted by Gasteiger charge is 2.19. The number of benzene rings is 1. The molecule has 186 valence electrons. The van der Waals surface area contributed by atoms with Crippen molar-refractivity contribution in [3.63, 3.8) is 0 Å². The van der Waals surface area contributed by atoms with E-state index in [4.69, 9.17) is 16.6 Å². The molecule has 0 aliphatic heterocycles. The zero-order chi connectivity index (χ0) is 25.4. The van der Waals surface area contributed by atoms with E-state index in [-0.39, 0.29) is 6.54 Å². The molecule has 10 nitrogen and oxygen atoms in total. The van der Waals surface area contributed by atoms with Crippen LogP contribution in [0.15, 0.2) is 45.1 Å². The number of imidazole rings is 1. The van der Waals surface area contributed by atoms with E-state index in [1.807, 2.05) is 23.6 Å². The average molecular weight is 525 g/mol. The predicted molar refractivity (Wildman–Crippen MR) is 140 cm³/mol. The molecule has 0 unspecified atom stereocenters. The standard InChI is InChI=1S/C24H25ClN8O2S/c1-4-16-11-17(5-2)33-22(26-16)29-23(30-33)36-13-18-27-20-19(31(18)6-3)21(34)28-24(35)32(20)12-14-7-9-15(25)10-8-14/h7-11H,4-6,12-13H2,1-3H3,(H,28,34,35). The zero-order valence-electron chi connectivity index (χ0n) is 20.2. The third-order valence-electron chi connectivity index (χ3n) is 6.01.